The third kappa shape index (κ3) is 2.99. The zero-order chi connectivity index (χ0) is 15.0. The van der Waals surface area contributed by atoms with E-state index in [4.69, 9.17) is 0 Å². The van der Waals surface area contributed by atoms with Gasteiger partial charge in [-0.25, -0.2) is 4.39 Å². The van der Waals surface area contributed by atoms with Gasteiger partial charge in [0.1, 0.15) is 5.82 Å². The van der Waals surface area contributed by atoms with Gasteiger partial charge in [0, 0.05) is 29.6 Å². The smallest absolute Gasteiger partial charge is 0.257 e. The first kappa shape index (κ1) is 15.0. The summed E-state index contributed by atoms with van der Waals surface area (Å²) in [6.07, 6.45) is 3.61. The van der Waals surface area contributed by atoms with E-state index in [1.807, 2.05) is 4.90 Å². The van der Waals surface area contributed by atoms with E-state index < -0.39 is 5.82 Å². The summed E-state index contributed by atoms with van der Waals surface area (Å²) in [4.78, 5) is 17.0. The van der Waals surface area contributed by atoms with Crippen molar-refractivity contribution in [1.29, 1.82) is 0 Å². The predicted molar refractivity (Wildman–Crippen MR) is 83.8 cm³/mol. The molecule has 1 amide bonds. The first-order chi connectivity index (χ1) is 10.1. The average Bonchev–Trinajstić information content (AvgIpc) is 2.48. The molecule has 21 heavy (non-hydrogen) atoms. The SMILES string of the molecule is CC1CN2CCCCC2CN1C(=O)c1cc(Br)ccc1F. The number of rotatable bonds is 1. The molecule has 0 N–H and O–H groups in total. The van der Waals surface area contributed by atoms with Gasteiger partial charge in [-0.1, -0.05) is 22.4 Å². The van der Waals surface area contributed by atoms with E-state index in [0.29, 0.717) is 12.6 Å². The molecule has 2 aliphatic rings. The molecule has 2 atom stereocenters. The summed E-state index contributed by atoms with van der Waals surface area (Å²) < 4.78 is 14.7. The van der Waals surface area contributed by atoms with Gasteiger partial charge in [-0.2, -0.15) is 0 Å². The van der Waals surface area contributed by atoms with E-state index in [1.54, 1.807) is 12.1 Å². The fraction of sp³-hybridized carbons (Fsp3) is 0.562. The quantitative estimate of drug-likeness (QED) is 0.772. The minimum atomic E-state index is -0.443. The van der Waals surface area contributed by atoms with Gasteiger partial charge in [-0.05, 0) is 44.5 Å². The third-order valence-corrected chi connectivity index (χ3v) is 5.10. The van der Waals surface area contributed by atoms with Gasteiger partial charge in [0.2, 0.25) is 0 Å². The fourth-order valence-corrected chi connectivity index (χ4v) is 3.81. The van der Waals surface area contributed by atoms with Crippen LogP contribution in [-0.4, -0.2) is 47.4 Å². The molecule has 1 aromatic carbocycles. The van der Waals surface area contributed by atoms with Crippen molar-refractivity contribution >= 4 is 21.8 Å². The second kappa shape index (κ2) is 6.05. The van der Waals surface area contributed by atoms with E-state index in [-0.39, 0.29) is 17.5 Å². The van der Waals surface area contributed by atoms with Gasteiger partial charge in [0.15, 0.2) is 0 Å². The van der Waals surface area contributed by atoms with Crippen molar-refractivity contribution in [2.75, 3.05) is 19.6 Å². The van der Waals surface area contributed by atoms with Crippen molar-refractivity contribution in [3.8, 4) is 0 Å². The second-order valence-corrected chi connectivity index (χ2v) is 6.99. The number of hydrogen-bond acceptors (Lipinski definition) is 2. The van der Waals surface area contributed by atoms with Crippen LogP contribution in [-0.2, 0) is 0 Å². The van der Waals surface area contributed by atoms with Crippen LogP contribution in [0.2, 0.25) is 0 Å². The second-order valence-electron chi connectivity index (χ2n) is 6.08. The number of carbonyl (C=O) groups is 1. The lowest BCUT2D eigenvalue weighted by atomic mass is 9.96. The van der Waals surface area contributed by atoms with Crippen LogP contribution in [0.1, 0.15) is 36.5 Å². The Bertz CT molecular complexity index is 551. The molecule has 2 saturated heterocycles. The molecule has 2 fully saturated rings. The van der Waals surface area contributed by atoms with Crippen LogP contribution in [0.4, 0.5) is 4.39 Å². The Morgan fingerprint density at radius 1 is 1.33 bits per heavy atom. The molecule has 0 spiro atoms. The molecule has 2 heterocycles. The van der Waals surface area contributed by atoms with Crippen molar-refractivity contribution in [2.24, 2.45) is 0 Å². The Kier molecular flexibility index (Phi) is 4.31. The van der Waals surface area contributed by atoms with E-state index >= 15 is 0 Å². The van der Waals surface area contributed by atoms with E-state index in [0.717, 1.165) is 24.0 Å². The fourth-order valence-electron chi connectivity index (χ4n) is 3.45. The number of carbonyl (C=O) groups excluding carboxylic acids is 1. The highest BCUT2D eigenvalue weighted by molar-refractivity contribution is 9.10. The molecular formula is C16H20BrFN2O. The number of benzene rings is 1. The number of hydrogen-bond donors (Lipinski definition) is 0. The van der Waals surface area contributed by atoms with Crippen LogP contribution in [0.25, 0.3) is 0 Å². The first-order valence-electron chi connectivity index (χ1n) is 7.56. The molecule has 0 aromatic heterocycles. The summed E-state index contributed by atoms with van der Waals surface area (Å²) in [5.74, 6) is -0.631. The van der Waals surface area contributed by atoms with Crippen molar-refractivity contribution in [3.63, 3.8) is 0 Å². The molecule has 2 unspecified atom stereocenters. The molecule has 3 rings (SSSR count). The van der Waals surface area contributed by atoms with Gasteiger partial charge in [0.25, 0.3) is 5.91 Å². The molecule has 0 bridgehead atoms. The average molecular weight is 355 g/mol. The normalized spacial score (nSPS) is 26.5. The summed E-state index contributed by atoms with van der Waals surface area (Å²) >= 11 is 3.31. The summed E-state index contributed by atoms with van der Waals surface area (Å²) in [5, 5.41) is 0. The maximum absolute atomic E-state index is 14.0. The minimum absolute atomic E-state index is 0.130. The standard InChI is InChI=1S/C16H20BrFN2O/c1-11-9-19-7-3-2-4-13(19)10-20(11)16(21)14-8-12(17)5-6-15(14)18/h5-6,8,11,13H,2-4,7,9-10H2,1H3. The van der Waals surface area contributed by atoms with E-state index in [1.165, 1.54) is 18.9 Å². The van der Waals surface area contributed by atoms with Gasteiger partial charge in [-0.15, -0.1) is 0 Å². The lowest BCUT2D eigenvalue weighted by molar-refractivity contribution is 0.0149. The number of piperidine rings is 1. The summed E-state index contributed by atoms with van der Waals surface area (Å²) in [6, 6.07) is 5.12. The van der Waals surface area contributed by atoms with Gasteiger partial charge in [0.05, 0.1) is 5.56 Å². The zero-order valence-corrected chi connectivity index (χ0v) is 13.8. The van der Waals surface area contributed by atoms with Crippen molar-refractivity contribution in [2.45, 2.75) is 38.3 Å². The first-order valence-corrected chi connectivity index (χ1v) is 8.35. The Morgan fingerprint density at radius 2 is 2.14 bits per heavy atom. The van der Waals surface area contributed by atoms with E-state index in [9.17, 15) is 9.18 Å². The Labute approximate surface area is 133 Å². The highest BCUT2D eigenvalue weighted by Crippen LogP contribution is 2.26. The molecule has 0 saturated carbocycles. The maximum Gasteiger partial charge on any atom is 0.257 e. The monoisotopic (exact) mass is 354 g/mol. The van der Waals surface area contributed by atoms with Crippen LogP contribution in [0.15, 0.2) is 22.7 Å². The molecule has 2 aliphatic heterocycles. The zero-order valence-electron chi connectivity index (χ0n) is 12.2. The molecule has 0 aliphatic carbocycles. The molecule has 1 aromatic rings. The van der Waals surface area contributed by atoms with Gasteiger partial charge >= 0.3 is 0 Å². The van der Waals surface area contributed by atoms with Crippen molar-refractivity contribution in [3.05, 3.63) is 34.1 Å². The number of nitrogens with zero attached hydrogens (tertiary/aromatic N) is 2. The van der Waals surface area contributed by atoms with Crippen LogP contribution in [0.3, 0.4) is 0 Å². The lowest BCUT2D eigenvalue weighted by Crippen LogP contribution is -2.60. The molecule has 5 heteroatoms. The summed E-state index contributed by atoms with van der Waals surface area (Å²) in [5.41, 5.74) is 0.167. The molecule has 3 nitrogen and oxygen atoms in total. The highest BCUT2D eigenvalue weighted by Gasteiger charge is 2.36. The van der Waals surface area contributed by atoms with Crippen molar-refractivity contribution in [1.82, 2.24) is 9.80 Å². The number of piperazine rings is 1. The summed E-state index contributed by atoms with van der Waals surface area (Å²) in [6.45, 7) is 4.79. The molecular weight excluding hydrogens is 335 g/mol. The topological polar surface area (TPSA) is 23.6 Å². The molecule has 0 radical (unpaired) electrons. The number of halogens is 2. The van der Waals surface area contributed by atoms with Crippen LogP contribution in [0.5, 0.6) is 0 Å². The predicted octanol–water partition coefficient (Wildman–Crippen LogP) is 3.29. The summed E-state index contributed by atoms with van der Waals surface area (Å²) in [7, 11) is 0. The lowest BCUT2D eigenvalue weighted by Gasteiger charge is -2.47. The van der Waals surface area contributed by atoms with Gasteiger partial charge < -0.3 is 4.90 Å². The maximum atomic E-state index is 14.0. The van der Waals surface area contributed by atoms with Crippen LogP contribution < -0.4 is 0 Å². The van der Waals surface area contributed by atoms with Crippen LogP contribution >= 0.6 is 15.9 Å². The Hall–Kier alpha value is -0.940. The number of amides is 1. The number of fused-ring (bicyclic) bond motifs is 1. The highest BCUT2D eigenvalue weighted by atomic mass is 79.9. The Balaban J connectivity index is 1.82. The van der Waals surface area contributed by atoms with Gasteiger partial charge in [-0.3, -0.25) is 9.69 Å². The van der Waals surface area contributed by atoms with E-state index in [2.05, 4.69) is 27.8 Å². The Morgan fingerprint density at radius 3 is 2.95 bits per heavy atom. The largest absolute Gasteiger partial charge is 0.333 e. The van der Waals surface area contributed by atoms with Crippen molar-refractivity contribution < 1.29 is 9.18 Å². The third-order valence-electron chi connectivity index (χ3n) is 4.61. The molecule has 114 valence electrons. The minimum Gasteiger partial charge on any atom is -0.333 e. The van der Waals surface area contributed by atoms with Crippen LogP contribution in [0, 0.1) is 5.82 Å².